The number of carbonyl (C=O) groups is 1. The minimum absolute atomic E-state index is 0.0170. The number of hydrogen-bond acceptors (Lipinski definition) is 2. The van der Waals surface area contributed by atoms with E-state index in [1.807, 2.05) is 24.3 Å². The maximum atomic E-state index is 12.2. The first-order valence-electron chi connectivity index (χ1n) is 8.07. The molecule has 0 saturated carbocycles. The lowest BCUT2D eigenvalue weighted by Crippen LogP contribution is -2.33. The lowest BCUT2D eigenvalue weighted by atomic mass is 9.85. The molecule has 0 unspecified atom stereocenters. The molecule has 2 N–H and O–H groups in total. The third-order valence-corrected chi connectivity index (χ3v) is 3.94. The van der Waals surface area contributed by atoms with Crippen LogP contribution >= 0.6 is 0 Å². The molecule has 0 radical (unpaired) electrons. The van der Waals surface area contributed by atoms with Crippen LogP contribution in [0.5, 0.6) is 0 Å². The first-order valence-corrected chi connectivity index (χ1v) is 8.07. The molecule has 3 heteroatoms. The number of amides is 1. The Kier molecular flexibility index (Phi) is 7.27. The molecule has 0 aromatic heterocycles. The molecule has 0 fully saturated rings. The summed E-state index contributed by atoms with van der Waals surface area (Å²) in [6.45, 7) is 12.7. The Morgan fingerprint density at radius 3 is 2.10 bits per heavy atom. The summed E-state index contributed by atoms with van der Waals surface area (Å²) in [7, 11) is 0. The van der Waals surface area contributed by atoms with Crippen LogP contribution in [-0.2, 0) is 0 Å². The van der Waals surface area contributed by atoms with Gasteiger partial charge < -0.3 is 10.6 Å². The van der Waals surface area contributed by atoms with Crippen molar-refractivity contribution < 1.29 is 4.79 Å². The highest BCUT2D eigenvalue weighted by molar-refractivity contribution is 5.94. The van der Waals surface area contributed by atoms with E-state index in [9.17, 15) is 4.79 Å². The fraction of sp³-hybridized carbons (Fsp3) is 0.611. The molecule has 1 rings (SSSR count). The van der Waals surface area contributed by atoms with Gasteiger partial charge in [-0.05, 0) is 48.4 Å². The molecule has 1 aromatic rings. The Morgan fingerprint density at radius 2 is 1.62 bits per heavy atom. The first kappa shape index (κ1) is 17.5. The smallest absolute Gasteiger partial charge is 0.251 e. The maximum absolute atomic E-state index is 12.2. The minimum atomic E-state index is 0.0170. The van der Waals surface area contributed by atoms with E-state index in [0.29, 0.717) is 17.8 Å². The van der Waals surface area contributed by atoms with E-state index in [1.54, 1.807) is 0 Å². The zero-order valence-electron chi connectivity index (χ0n) is 14.1. The fourth-order valence-electron chi connectivity index (χ4n) is 2.56. The normalized spacial score (nSPS) is 11.2. The van der Waals surface area contributed by atoms with E-state index >= 15 is 0 Å². The summed E-state index contributed by atoms with van der Waals surface area (Å²) in [5, 5.41) is 6.37. The highest BCUT2D eigenvalue weighted by Crippen LogP contribution is 2.19. The van der Waals surface area contributed by atoms with Crippen LogP contribution in [0.3, 0.4) is 0 Å². The van der Waals surface area contributed by atoms with Crippen molar-refractivity contribution in [3.8, 4) is 0 Å². The molecule has 0 aliphatic heterocycles. The van der Waals surface area contributed by atoms with Gasteiger partial charge in [0.2, 0.25) is 0 Å². The van der Waals surface area contributed by atoms with Gasteiger partial charge in [0, 0.05) is 24.3 Å². The maximum Gasteiger partial charge on any atom is 0.251 e. The van der Waals surface area contributed by atoms with Crippen molar-refractivity contribution >= 4 is 11.6 Å². The number of hydrogen-bond donors (Lipinski definition) is 2. The third kappa shape index (κ3) is 5.78. The van der Waals surface area contributed by atoms with Gasteiger partial charge in [0.25, 0.3) is 5.91 Å². The summed E-state index contributed by atoms with van der Waals surface area (Å²) in [5.74, 6) is 1.68. The van der Waals surface area contributed by atoms with Gasteiger partial charge in [0.15, 0.2) is 0 Å². The number of anilines is 1. The Labute approximate surface area is 129 Å². The second-order valence-corrected chi connectivity index (χ2v) is 6.37. The average Bonchev–Trinajstić information content (AvgIpc) is 2.44. The number of nitrogens with one attached hydrogen (secondary N) is 2. The minimum Gasteiger partial charge on any atom is -0.385 e. The first-order chi connectivity index (χ1) is 9.95. The Morgan fingerprint density at radius 1 is 1.05 bits per heavy atom. The summed E-state index contributed by atoms with van der Waals surface area (Å²) < 4.78 is 0. The summed E-state index contributed by atoms with van der Waals surface area (Å²) in [6, 6.07) is 7.69. The molecule has 3 nitrogen and oxygen atoms in total. The van der Waals surface area contributed by atoms with Crippen LogP contribution in [0, 0.1) is 17.8 Å². The van der Waals surface area contributed by atoms with Gasteiger partial charge in [-0.25, -0.2) is 0 Å². The van der Waals surface area contributed by atoms with E-state index < -0.39 is 0 Å². The van der Waals surface area contributed by atoms with Crippen molar-refractivity contribution in [3.63, 3.8) is 0 Å². The molecule has 0 saturated heterocycles. The van der Waals surface area contributed by atoms with Crippen molar-refractivity contribution in [2.24, 2.45) is 17.8 Å². The topological polar surface area (TPSA) is 41.1 Å². The van der Waals surface area contributed by atoms with Crippen LogP contribution in [0.4, 0.5) is 5.69 Å². The zero-order valence-corrected chi connectivity index (χ0v) is 14.1. The van der Waals surface area contributed by atoms with Crippen LogP contribution in [0.15, 0.2) is 24.3 Å². The van der Waals surface area contributed by atoms with Gasteiger partial charge in [-0.2, -0.15) is 0 Å². The molecule has 0 heterocycles. The van der Waals surface area contributed by atoms with Gasteiger partial charge >= 0.3 is 0 Å². The van der Waals surface area contributed by atoms with Gasteiger partial charge in [-0.15, -0.1) is 0 Å². The molecule has 0 atom stereocenters. The Bertz CT molecular complexity index is 415. The standard InChI is InChI=1S/C18H30N2O/c1-6-11-19-16-9-7-15(8-10-16)18(21)20-12-17(13(2)3)14(4)5/h7-10,13-14,17,19H,6,11-12H2,1-5H3,(H,20,21). The predicted octanol–water partition coefficient (Wildman–Crippen LogP) is 4.17. The lowest BCUT2D eigenvalue weighted by molar-refractivity contribution is 0.0937. The number of benzene rings is 1. The molecule has 1 amide bonds. The largest absolute Gasteiger partial charge is 0.385 e. The summed E-state index contributed by atoms with van der Waals surface area (Å²) in [5.41, 5.74) is 1.79. The number of carbonyl (C=O) groups excluding carboxylic acids is 1. The van der Waals surface area contributed by atoms with Crippen molar-refractivity contribution in [3.05, 3.63) is 29.8 Å². The molecule has 0 aliphatic carbocycles. The van der Waals surface area contributed by atoms with Crippen molar-refractivity contribution in [1.29, 1.82) is 0 Å². The Hall–Kier alpha value is -1.51. The van der Waals surface area contributed by atoms with E-state index in [0.717, 1.165) is 30.8 Å². The Balaban J connectivity index is 2.55. The third-order valence-electron chi connectivity index (χ3n) is 3.94. The van der Waals surface area contributed by atoms with Gasteiger partial charge in [0.05, 0.1) is 0 Å². The van der Waals surface area contributed by atoms with Crippen LogP contribution < -0.4 is 10.6 Å². The molecule has 0 aliphatic rings. The van der Waals surface area contributed by atoms with Crippen molar-refractivity contribution in [2.45, 2.75) is 41.0 Å². The predicted molar refractivity (Wildman–Crippen MR) is 90.7 cm³/mol. The summed E-state index contributed by atoms with van der Waals surface area (Å²) in [4.78, 5) is 12.2. The van der Waals surface area contributed by atoms with Crippen LogP contribution in [0.25, 0.3) is 0 Å². The molecule has 118 valence electrons. The SMILES string of the molecule is CCCNc1ccc(C(=O)NCC(C(C)C)C(C)C)cc1. The van der Waals surface area contributed by atoms with Crippen molar-refractivity contribution in [1.82, 2.24) is 5.32 Å². The molecular formula is C18H30N2O. The van der Waals surface area contributed by atoms with Crippen LogP contribution in [-0.4, -0.2) is 19.0 Å². The summed E-state index contributed by atoms with van der Waals surface area (Å²) in [6.07, 6.45) is 1.09. The molecule has 21 heavy (non-hydrogen) atoms. The second kappa shape index (κ2) is 8.71. The fourth-order valence-corrected chi connectivity index (χ4v) is 2.56. The highest BCUT2D eigenvalue weighted by Gasteiger charge is 2.18. The van der Waals surface area contributed by atoms with Crippen molar-refractivity contribution in [2.75, 3.05) is 18.4 Å². The van der Waals surface area contributed by atoms with Gasteiger partial charge in [-0.3, -0.25) is 4.79 Å². The van der Waals surface area contributed by atoms with E-state index in [1.165, 1.54) is 0 Å². The van der Waals surface area contributed by atoms with E-state index in [-0.39, 0.29) is 5.91 Å². The second-order valence-electron chi connectivity index (χ2n) is 6.37. The van der Waals surface area contributed by atoms with Crippen LogP contribution in [0.1, 0.15) is 51.4 Å². The average molecular weight is 290 g/mol. The van der Waals surface area contributed by atoms with Gasteiger partial charge in [-0.1, -0.05) is 34.6 Å². The quantitative estimate of drug-likeness (QED) is 0.754. The lowest BCUT2D eigenvalue weighted by Gasteiger charge is -2.25. The monoisotopic (exact) mass is 290 g/mol. The van der Waals surface area contributed by atoms with E-state index in [4.69, 9.17) is 0 Å². The highest BCUT2D eigenvalue weighted by atomic mass is 16.1. The molecule has 1 aromatic carbocycles. The number of rotatable bonds is 8. The molecule has 0 bridgehead atoms. The van der Waals surface area contributed by atoms with Gasteiger partial charge in [0.1, 0.15) is 0 Å². The zero-order chi connectivity index (χ0) is 15.8. The van der Waals surface area contributed by atoms with E-state index in [2.05, 4.69) is 45.3 Å². The molecular weight excluding hydrogens is 260 g/mol. The molecule has 0 spiro atoms. The van der Waals surface area contributed by atoms with Crippen LogP contribution in [0.2, 0.25) is 0 Å². The summed E-state index contributed by atoms with van der Waals surface area (Å²) >= 11 is 0.